The Morgan fingerprint density at radius 2 is 1.96 bits per heavy atom. The SMILES string of the molecule is N#Cc1cc(F)cc(Oc2ccc(S(=O)(=O)C3CCC3)c3c2CCC3O)c1. The van der Waals surface area contributed by atoms with E-state index in [9.17, 15) is 17.9 Å². The lowest BCUT2D eigenvalue weighted by Gasteiger charge is -2.27. The van der Waals surface area contributed by atoms with E-state index >= 15 is 0 Å². The minimum absolute atomic E-state index is 0.130. The van der Waals surface area contributed by atoms with Crippen molar-refractivity contribution in [2.24, 2.45) is 0 Å². The van der Waals surface area contributed by atoms with Gasteiger partial charge < -0.3 is 9.84 Å². The zero-order chi connectivity index (χ0) is 19.2. The minimum Gasteiger partial charge on any atom is -0.457 e. The van der Waals surface area contributed by atoms with Crippen molar-refractivity contribution in [2.45, 2.75) is 48.4 Å². The van der Waals surface area contributed by atoms with Crippen molar-refractivity contribution in [1.82, 2.24) is 0 Å². The maximum atomic E-state index is 13.7. The van der Waals surface area contributed by atoms with Crippen LogP contribution in [0.4, 0.5) is 4.39 Å². The van der Waals surface area contributed by atoms with Crippen molar-refractivity contribution >= 4 is 9.84 Å². The number of aliphatic hydroxyl groups excluding tert-OH is 1. The number of benzene rings is 2. The molecule has 0 bridgehead atoms. The molecule has 0 saturated heterocycles. The van der Waals surface area contributed by atoms with E-state index in [1.54, 1.807) is 6.07 Å². The van der Waals surface area contributed by atoms with Crippen LogP contribution in [0, 0.1) is 17.1 Å². The zero-order valence-corrected chi connectivity index (χ0v) is 15.3. The average Bonchev–Trinajstić information content (AvgIpc) is 2.95. The second-order valence-corrected chi connectivity index (χ2v) is 9.19. The van der Waals surface area contributed by atoms with Gasteiger partial charge in [0.2, 0.25) is 0 Å². The highest BCUT2D eigenvalue weighted by molar-refractivity contribution is 7.92. The highest BCUT2D eigenvalue weighted by Gasteiger charge is 2.38. The van der Waals surface area contributed by atoms with Gasteiger partial charge in [0, 0.05) is 17.2 Å². The molecular weight excluding hydrogens is 369 g/mol. The molecule has 0 aliphatic heterocycles. The first kappa shape index (κ1) is 18.0. The molecule has 7 heteroatoms. The molecular formula is C20H18FNO4S. The maximum absolute atomic E-state index is 13.7. The van der Waals surface area contributed by atoms with E-state index in [0.717, 1.165) is 18.6 Å². The fourth-order valence-electron chi connectivity index (χ4n) is 3.69. The van der Waals surface area contributed by atoms with Gasteiger partial charge in [-0.3, -0.25) is 0 Å². The molecule has 0 heterocycles. The smallest absolute Gasteiger partial charge is 0.181 e. The van der Waals surface area contributed by atoms with Gasteiger partial charge in [-0.25, -0.2) is 12.8 Å². The highest BCUT2D eigenvalue weighted by atomic mass is 32.2. The Kier molecular flexibility index (Phi) is 4.41. The predicted molar refractivity (Wildman–Crippen MR) is 95.7 cm³/mol. The summed E-state index contributed by atoms with van der Waals surface area (Å²) in [5.41, 5.74) is 1.16. The van der Waals surface area contributed by atoms with E-state index in [2.05, 4.69) is 0 Å². The summed E-state index contributed by atoms with van der Waals surface area (Å²) < 4.78 is 45.2. The molecule has 2 aromatic carbocycles. The molecule has 5 nitrogen and oxygen atoms in total. The van der Waals surface area contributed by atoms with Gasteiger partial charge in [0.1, 0.15) is 17.3 Å². The fraction of sp³-hybridized carbons (Fsp3) is 0.350. The summed E-state index contributed by atoms with van der Waals surface area (Å²) in [6.07, 6.45) is 2.21. The van der Waals surface area contributed by atoms with Gasteiger partial charge in [0.25, 0.3) is 0 Å². The third kappa shape index (κ3) is 3.09. The number of hydrogen-bond donors (Lipinski definition) is 1. The molecule has 0 amide bonds. The summed E-state index contributed by atoms with van der Waals surface area (Å²) in [6.45, 7) is 0. The molecule has 1 atom stereocenters. The number of aliphatic hydroxyl groups is 1. The molecule has 2 aliphatic rings. The number of sulfone groups is 1. The maximum Gasteiger partial charge on any atom is 0.181 e. The number of halogens is 1. The number of ether oxygens (including phenoxy) is 1. The summed E-state index contributed by atoms with van der Waals surface area (Å²) in [7, 11) is -3.49. The lowest BCUT2D eigenvalue weighted by molar-refractivity contribution is 0.177. The van der Waals surface area contributed by atoms with E-state index in [1.807, 2.05) is 6.07 Å². The van der Waals surface area contributed by atoms with Crippen molar-refractivity contribution in [3.63, 3.8) is 0 Å². The first-order chi connectivity index (χ1) is 12.9. The van der Waals surface area contributed by atoms with Crippen LogP contribution in [-0.2, 0) is 16.3 Å². The Hall–Kier alpha value is -2.43. The average molecular weight is 387 g/mol. The second-order valence-electron chi connectivity index (χ2n) is 7.00. The zero-order valence-electron chi connectivity index (χ0n) is 14.5. The fourth-order valence-corrected chi connectivity index (χ4v) is 5.83. The Morgan fingerprint density at radius 3 is 2.63 bits per heavy atom. The first-order valence-electron chi connectivity index (χ1n) is 8.86. The standard InChI is InChI=1S/C20H18FNO4S/c21-13-8-12(11-22)9-14(10-13)26-18-6-7-19(20-16(18)4-5-17(20)23)27(24,25)15-2-1-3-15/h6-10,15,17,23H,1-5H2. The summed E-state index contributed by atoms with van der Waals surface area (Å²) >= 11 is 0. The third-order valence-corrected chi connectivity index (χ3v) is 7.62. The topological polar surface area (TPSA) is 87.4 Å². The van der Waals surface area contributed by atoms with Crippen LogP contribution in [0.15, 0.2) is 35.2 Å². The van der Waals surface area contributed by atoms with Crippen molar-refractivity contribution in [3.05, 3.63) is 52.8 Å². The van der Waals surface area contributed by atoms with Gasteiger partial charge >= 0.3 is 0 Å². The number of fused-ring (bicyclic) bond motifs is 1. The van der Waals surface area contributed by atoms with Gasteiger partial charge in [-0.1, -0.05) is 6.42 Å². The summed E-state index contributed by atoms with van der Waals surface area (Å²) in [6, 6.07) is 8.58. The van der Waals surface area contributed by atoms with Crippen molar-refractivity contribution < 1.29 is 22.7 Å². The Bertz CT molecular complexity index is 1050. The summed E-state index contributed by atoms with van der Waals surface area (Å²) in [5.74, 6) is -0.0572. The molecule has 1 saturated carbocycles. The number of nitriles is 1. The molecule has 0 aromatic heterocycles. The number of hydrogen-bond acceptors (Lipinski definition) is 5. The van der Waals surface area contributed by atoms with Gasteiger partial charge in [-0.15, -0.1) is 0 Å². The van der Waals surface area contributed by atoms with Crippen LogP contribution in [0.3, 0.4) is 0 Å². The second kappa shape index (κ2) is 6.63. The van der Waals surface area contributed by atoms with E-state index in [-0.39, 0.29) is 21.5 Å². The molecule has 2 aliphatic carbocycles. The van der Waals surface area contributed by atoms with Gasteiger partial charge in [-0.05, 0) is 49.9 Å². The van der Waals surface area contributed by atoms with Crippen molar-refractivity contribution in [1.29, 1.82) is 5.26 Å². The quantitative estimate of drug-likeness (QED) is 0.862. The summed E-state index contributed by atoms with van der Waals surface area (Å²) in [5, 5.41) is 19.0. The van der Waals surface area contributed by atoms with Crippen LogP contribution in [-0.4, -0.2) is 18.8 Å². The third-order valence-electron chi connectivity index (χ3n) is 5.30. The van der Waals surface area contributed by atoms with Crippen LogP contribution >= 0.6 is 0 Å². The minimum atomic E-state index is -3.49. The van der Waals surface area contributed by atoms with E-state index < -0.39 is 21.8 Å². The lowest BCUT2D eigenvalue weighted by Crippen LogP contribution is -2.29. The Morgan fingerprint density at radius 1 is 1.19 bits per heavy atom. The predicted octanol–water partition coefficient (Wildman–Crippen LogP) is 3.80. The lowest BCUT2D eigenvalue weighted by atomic mass is 10.00. The van der Waals surface area contributed by atoms with Crippen LogP contribution < -0.4 is 4.74 Å². The Labute approximate surface area is 156 Å². The van der Waals surface area contributed by atoms with Crippen LogP contribution in [0.1, 0.15) is 48.5 Å². The largest absolute Gasteiger partial charge is 0.457 e. The molecule has 1 N–H and O–H groups in total. The van der Waals surface area contributed by atoms with Crippen LogP contribution in [0.2, 0.25) is 0 Å². The van der Waals surface area contributed by atoms with E-state index in [0.29, 0.717) is 42.6 Å². The molecule has 0 spiro atoms. The normalized spacial score (nSPS) is 19.2. The number of rotatable bonds is 4. The molecule has 1 unspecified atom stereocenters. The Balaban J connectivity index is 1.77. The highest BCUT2D eigenvalue weighted by Crippen LogP contribution is 2.44. The molecule has 27 heavy (non-hydrogen) atoms. The molecule has 140 valence electrons. The van der Waals surface area contributed by atoms with Crippen molar-refractivity contribution in [3.8, 4) is 17.6 Å². The molecule has 1 fully saturated rings. The molecule has 0 radical (unpaired) electrons. The molecule has 4 rings (SSSR count). The van der Waals surface area contributed by atoms with Crippen LogP contribution in [0.25, 0.3) is 0 Å². The first-order valence-corrected chi connectivity index (χ1v) is 10.4. The molecule has 2 aromatic rings. The van der Waals surface area contributed by atoms with Gasteiger partial charge in [0.05, 0.1) is 27.9 Å². The van der Waals surface area contributed by atoms with Crippen LogP contribution in [0.5, 0.6) is 11.5 Å². The van der Waals surface area contributed by atoms with Crippen molar-refractivity contribution in [2.75, 3.05) is 0 Å². The van der Waals surface area contributed by atoms with Gasteiger partial charge in [0.15, 0.2) is 9.84 Å². The van der Waals surface area contributed by atoms with E-state index in [1.165, 1.54) is 12.1 Å². The van der Waals surface area contributed by atoms with E-state index in [4.69, 9.17) is 10.00 Å². The monoisotopic (exact) mass is 387 g/mol. The summed E-state index contributed by atoms with van der Waals surface area (Å²) in [4.78, 5) is 0.177. The number of nitrogens with zero attached hydrogens (tertiary/aromatic N) is 1. The van der Waals surface area contributed by atoms with Gasteiger partial charge in [-0.2, -0.15) is 5.26 Å².